The van der Waals surface area contributed by atoms with Crippen molar-refractivity contribution < 1.29 is 4.79 Å². The molecule has 2 aromatic heterocycles. The van der Waals surface area contributed by atoms with Gasteiger partial charge >= 0.3 is 0 Å². The van der Waals surface area contributed by atoms with E-state index in [-0.39, 0.29) is 5.78 Å². The van der Waals surface area contributed by atoms with Gasteiger partial charge in [0.25, 0.3) is 0 Å². The van der Waals surface area contributed by atoms with E-state index in [0.29, 0.717) is 11.3 Å². The largest absolute Gasteiger partial charge is 0.287 e. The first-order valence-electron chi connectivity index (χ1n) is 4.64. The lowest BCUT2D eigenvalue weighted by molar-refractivity contribution is 0.103. The highest BCUT2D eigenvalue weighted by atomic mass is 16.1. The second kappa shape index (κ2) is 3.65. The maximum atomic E-state index is 12.0. The summed E-state index contributed by atoms with van der Waals surface area (Å²) in [6.45, 7) is 1.82. The van der Waals surface area contributed by atoms with Crippen molar-refractivity contribution in [2.45, 2.75) is 6.92 Å². The van der Waals surface area contributed by atoms with Gasteiger partial charge < -0.3 is 0 Å². The predicted octanol–water partition coefficient (Wildman–Crippen LogP) is 1.35. The first kappa shape index (κ1) is 9.58. The van der Waals surface area contributed by atoms with Gasteiger partial charge in [0, 0.05) is 30.7 Å². The molecule has 0 atom stereocenters. The van der Waals surface area contributed by atoms with E-state index in [1.807, 2.05) is 6.92 Å². The lowest BCUT2D eigenvalue weighted by Gasteiger charge is -2.00. The van der Waals surface area contributed by atoms with Crippen molar-refractivity contribution >= 4 is 5.78 Å². The minimum Gasteiger partial charge on any atom is -0.287 e. The number of hydrogen-bond donors (Lipinski definition) is 0. The second-order valence-electron chi connectivity index (χ2n) is 3.34. The number of rotatable bonds is 2. The molecule has 4 heteroatoms. The highest BCUT2D eigenvalue weighted by Crippen LogP contribution is 2.09. The van der Waals surface area contributed by atoms with Crippen LogP contribution in [0.5, 0.6) is 0 Å². The van der Waals surface area contributed by atoms with Crippen LogP contribution in [0, 0.1) is 6.92 Å². The Hall–Kier alpha value is -1.97. The molecule has 0 aliphatic heterocycles. The summed E-state index contributed by atoms with van der Waals surface area (Å²) in [5.41, 5.74) is 1.79. The number of carbonyl (C=O) groups excluding carboxylic acids is 1. The predicted molar refractivity (Wildman–Crippen MR) is 55.6 cm³/mol. The molecule has 2 rings (SSSR count). The van der Waals surface area contributed by atoms with E-state index in [2.05, 4.69) is 10.1 Å². The number of ketones is 1. The van der Waals surface area contributed by atoms with E-state index >= 15 is 0 Å². The zero-order valence-corrected chi connectivity index (χ0v) is 8.64. The summed E-state index contributed by atoms with van der Waals surface area (Å²) in [6.07, 6.45) is 3.42. The smallest absolute Gasteiger partial charge is 0.215 e. The molecule has 76 valence electrons. The Bertz CT molecular complexity index is 502. The third-order valence-corrected chi connectivity index (χ3v) is 2.20. The van der Waals surface area contributed by atoms with Crippen LogP contribution in [0.25, 0.3) is 0 Å². The van der Waals surface area contributed by atoms with Crippen LogP contribution in [0.1, 0.15) is 21.7 Å². The number of nitrogens with zero attached hydrogens (tertiary/aromatic N) is 3. The fraction of sp³-hybridized carbons (Fsp3) is 0.182. The van der Waals surface area contributed by atoms with Crippen LogP contribution in [0.4, 0.5) is 0 Å². The molecule has 0 radical (unpaired) electrons. The van der Waals surface area contributed by atoms with Crippen molar-refractivity contribution in [1.82, 2.24) is 14.8 Å². The summed E-state index contributed by atoms with van der Waals surface area (Å²) < 4.78 is 1.61. The Balaban J connectivity index is 2.41. The number of hydrogen-bond acceptors (Lipinski definition) is 3. The molecule has 0 saturated heterocycles. The molecule has 0 saturated carbocycles. The summed E-state index contributed by atoms with van der Waals surface area (Å²) in [5.74, 6) is -0.0822. The third kappa shape index (κ3) is 1.79. The maximum Gasteiger partial charge on any atom is 0.215 e. The number of pyridine rings is 1. The zero-order chi connectivity index (χ0) is 10.8. The van der Waals surface area contributed by atoms with E-state index in [1.54, 1.807) is 42.3 Å². The van der Waals surface area contributed by atoms with E-state index in [4.69, 9.17) is 0 Å². The molecular formula is C11H11N3O. The van der Waals surface area contributed by atoms with Gasteiger partial charge in [-0.2, -0.15) is 5.10 Å². The fourth-order valence-corrected chi connectivity index (χ4v) is 1.40. The molecule has 0 N–H and O–H groups in total. The van der Waals surface area contributed by atoms with Gasteiger partial charge in [-0.25, -0.2) is 0 Å². The monoisotopic (exact) mass is 201 g/mol. The quantitative estimate of drug-likeness (QED) is 0.689. The van der Waals surface area contributed by atoms with Crippen LogP contribution in [-0.2, 0) is 7.05 Å². The lowest BCUT2D eigenvalue weighted by atomic mass is 10.1. The second-order valence-corrected chi connectivity index (χ2v) is 3.34. The van der Waals surface area contributed by atoms with Crippen molar-refractivity contribution in [2.75, 3.05) is 0 Å². The first-order valence-corrected chi connectivity index (χ1v) is 4.64. The molecule has 2 aromatic rings. The Labute approximate surface area is 87.6 Å². The summed E-state index contributed by atoms with van der Waals surface area (Å²) >= 11 is 0. The van der Waals surface area contributed by atoms with Crippen LogP contribution < -0.4 is 0 Å². The Kier molecular flexibility index (Phi) is 2.33. The summed E-state index contributed by atoms with van der Waals surface area (Å²) in [4.78, 5) is 16.0. The van der Waals surface area contributed by atoms with Crippen molar-refractivity contribution in [3.05, 3.63) is 47.5 Å². The minimum absolute atomic E-state index is 0.0822. The molecule has 2 heterocycles. The number of carbonyl (C=O) groups is 1. The van der Waals surface area contributed by atoms with Crippen molar-refractivity contribution in [3.63, 3.8) is 0 Å². The van der Waals surface area contributed by atoms with E-state index in [1.165, 1.54) is 0 Å². The highest BCUT2D eigenvalue weighted by molar-refractivity contribution is 6.08. The topological polar surface area (TPSA) is 47.8 Å². The normalized spacial score (nSPS) is 10.3. The van der Waals surface area contributed by atoms with Crippen LogP contribution in [0.2, 0.25) is 0 Å². The van der Waals surface area contributed by atoms with Gasteiger partial charge in [0.1, 0.15) is 5.69 Å². The molecule has 4 nitrogen and oxygen atoms in total. The molecule has 15 heavy (non-hydrogen) atoms. The molecular weight excluding hydrogens is 190 g/mol. The SMILES string of the molecule is Cc1ncccc1C(=O)c1ccn(C)n1. The molecule has 0 unspecified atom stereocenters. The molecule has 0 spiro atoms. The van der Waals surface area contributed by atoms with Crippen molar-refractivity contribution in [3.8, 4) is 0 Å². The zero-order valence-electron chi connectivity index (χ0n) is 8.64. The molecule has 0 aliphatic rings. The lowest BCUT2D eigenvalue weighted by Crippen LogP contribution is -2.06. The van der Waals surface area contributed by atoms with Crippen molar-refractivity contribution in [2.24, 2.45) is 7.05 Å². The minimum atomic E-state index is -0.0822. The first-order chi connectivity index (χ1) is 7.18. The van der Waals surface area contributed by atoms with Crippen molar-refractivity contribution in [1.29, 1.82) is 0 Å². The average molecular weight is 201 g/mol. The summed E-state index contributed by atoms with van der Waals surface area (Å²) in [7, 11) is 1.78. The van der Waals surface area contributed by atoms with Gasteiger partial charge in [0.15, 0.2) is 0 Å². The van der Waals surface area contributed by atoms with Gasteiger partial charge in [-0.1, -0.05) is 0 Å². The Morgan fingerprint density at radius 1 is 1.40 bits per heavy atom. The van der Waals surface area contributed by atoms with Crippen LogP contribution in [0.3, 0.4) is 0 Å². The Morgan fingerprint density at radius 2 is 2.20 bits per heavy atom. The average Bonchev–Trinajstić information content (AvgIpc) is 2.65. The Morgan fingerprint density at radius 3 is 2.80 bits per heavy atom. The summed E-state index contributed by atoms with van der Waals surface area (Å²) in [5, 5.41) is 4.07. The van der Waals surface area contributed by atoms with Gasteiger partial charge in [0.2, 0.25) is 5.78 Å². The van der Waals surface area contributed by atoms with E-state index < -0.39 is 0 Å². The number of aromatic nitrogens is 3. The molecule has 0 bridgehead atoms. The summed E-state index contributed by atoms with van der Waals surface area (Å²) in [6, 6.07) is 5.22. The van der Waals surface area contributed by atoms with Gasteiger partial charge in [-0.15, -0.1) is 0 Å². The van der Waals surface area contributed by atoms with E-state index in [0.717, 1.165) is 5.69 Å². The molecule has 0 amide bonds. The van der Waals surface area contributed by atoms with Gasteiger partial charge in [-0.3, -0.25) is 14.5 Å². The molecule has 0 aliphatic carbocycles. The molecule has 0 aromatic carbocycles. The van der Waals surface area contributed by atoms with Crippen LogP contribution >= 0.6 is 0 Å². The number of aryl methyl sites for hydroxylation is 2. The van der Waals surface area contributed by atoms with Crippen LogP contribution in [0.15, 0.2) is 30.6 Å². The fourth-order valence-electron chi connectivity index (χ4n) is 1.40. The van der Waals surface area contributed by atoms with Gasteiger partial charge in [0.05, 0.1) is 0 Å². The molecule has 0 fully saturated rings. The highest BCUT2D eigenvalue weighted by Gasteiger charge is 2.13. The van der Waals surface area contributed by atoms with E-state index in [9.17, 15) is 4.79 Å². The third-order valence-electron chi connectivity index (χ3n) is 2.20. The standard InChI is InChI=1S/C11H11N3O/c1-8-9(4-3-6-12-8)11(15)10-5-7-14(2)13-10/h3-7H,1-2H3. The van der Waals surface area contributed by atoms with Crippen LogP contribution in [-0.4, -0.2) is 20.5 Å². The maximum absolute atomic E-state index is 12.0. The van der Waals surface area contributed by atoms with Gasteiger partial charge in [-0.05, 0) is 25.1 Å².